The summed E-state index contributed by atoms with van der Waals surface area (Å²) in [5, 5.41) is 3.24. The second-order valence-electron chi connectivity index (χ2n) is 6.24. The molecule has 0 spiro atoms. The van der Waals surface area contributed by atoms with Crippen LogP contribution in [0.15, 0.2) is 54.6 Å². The molecule has 1 fully saturated rings. The van der Waals surface area contributed by atoms with Crippen LogP contribution in [-0.2, 0) is 12.1 Å². The Hall–Kier alpha value is -2.49. The standard InChI is InChI=1S/C20H24N2O2/c1-3-22(15-16-7-5-4-6-8-16)19(23)21-20(13-14-20)17-9-11-18(24-2)12-10-17/h4-12H,3,13-15H2,1-2H3,(H,21,23). The molecule has 2 aromatic carbocycles. The Morgan fingerprint density at radius 3 is 2.33 bits per heavy atom. The highest BCUT2D eigenvalue weighted by Gasteiger charge is 2.46. The van der Waals surface area contributed by atoms with Gasteiger partial charge in [-0.25, -0.2) is 4.79 Å². The number of urea groups is 1. The Labute approximate surface area is 143 Å². The first-order valence-electron chi connectivity index (χ1n) is 8.42. The third kappa shape index (κ3) is 3.53. The van der Waals surface area contributed by atoms with Crippen LogP contribution >= 0.6 is 0 Å². The van der Waals surface area contributed by atoms with E-state index in [1.54, 1.807) is 7.11 Å². The van der Waals surface area contributed by atoms with E-state index in [-0.39, 0.29) is 11.6 Å². The highest BCUT2D eigenvalue weighted by molar-refractivity contribution is 5.76. The Kier molecular flexibility index (Phi) is 4.74. The first-order chi connectivity index (χ1) is 11.7. The maximum absolute atomic E-state index is 12.7. The maximum Gasteiger partial charge on any atom is 0.318 e. The molecule has 0 aromatic heterocycles. The van der Waals surface area contributed by atoms with Gasteiger partial charge in [-0.2, -0.15) is 0 Å². The molecule has 0 aliphatic heterocycles. The monoisotopic (exact) mass is 324 g/mol. The molecule has 126 valence electrons. The Morgan fingerprint density at radius 1 is 1.12 bits per heavy atom. The van der Waals surface area contributed by atoms with Gasteiger partial charge < -0.3 is 15.0 Å². The molecule has 0 radical (unpaired) electrons. The van der Waals surface area contributed by atoms with Gasteiger partial charge in [0.25, 0.3) is 0 Å². The van der Waals surface area contributed by atoms with Crippen LogP contribution in [0, 0.1) is 0 Å². The number of nitrogens with one attached hydrogen (secondary N) is 1. The quantitative estimate of drug-likeness (QED) is 0.875. The van der Waals surface area contributed by atoms with Crippen LogP contribution in [0.4, 0.5) is 4.79 Å². The molecule has 24 heavy (non-hydrogen) atoms. The molecular weight excluding hydrogens is 300 g/mol. The maximum atomic E-state index is 12.7. The van der Waals surface area contributed by atoms with E-state index in [4.69, 9.17) is 4.74 Å². The lowest BCUT2D eigenvalue weighted by molar-refractivity contribution is 0.192. The second-order valence-corrected chi connectivity index (χ2v) is 6.24. The second kappa shape index (κ2) is 6.95. The number of methoxy groups -OCH3 is 1. The minimum Gasteiger partial charge on any atom is -0.497 e. The van der Waals surface area contributed by atoms with Crippen molar-refractivity contribution in [2.45, 2.75) is 31.8 Å². The largest absolute Gasteiger partial charge is 0.497 e. The van der Waals surface area contributed by atoms with Gasteiger partial charge in [0.15, 0.2) is 0 Å². The number of rotatable bonds is 6. The van der Waals surface area contributed by atoms with Crippen LogP contribution in [0.2, 0.25) is 0 Å². The summed E-state index contributed by atoms with van der Waals surface area (Å²) in [6.07, 6.45) is 1.96. The molecule has 4 nitrogen and oxygen atoms in total. The summed E-state index contributed by atoms with van der Waals surface area (Å²) in [6.45, 7) is 3.32. The SMILES string of the molecule is CCN(Cc1ccccc1)C(=O)NC1(c2ccc(OC)cc2)CC1. The van der Waals surface area contributed by atoms with Gasteiger partial charge in [-0.3, -0.25) is 0 Å². The lowest BCUT2D eigenvalue weighted by Crippen LogP contribution is -2.44. The average molecular weight is 324 g/mol. The van der Waals surface area contributed by atoms with E-state index in [0.717, 1.165) is 29.7 Å². The number of benzene rings is 2. The van der Waals surface area contributed by atoms with Crippen LogP contribution < -0.4 is 10.1 Å². The Morgan fingerprint density at radius 2 is 1.79 bits per heavy atom. The minimum absolute atomic E-state index is 0.00493. The Bertz CT molecular complexity index is 679. The van der Waals surface area contributed by atoms with Gasteiger partial charge in [0.2, 0.25) is 0 Å². The fourth-order valence-corrected chi connectivity index (χ4v) is 2.94. The van der Waals surface area contributed by atoms with Gasteiger partial charge in [0.1, 0.15) is 5.75 Å². The van der Waals surface area contributed by atoms with Crippen molar-refractivity contribution < 1.29 is 9.53 Å². The summed E-state index contributed by atoms with van der Waals surface area (Å²) in [4.78, 5) is 14.6. The lowest BCUT2D eigenvalue weighted by Gasteiger charge is -2.26. The summed E-state index contributed by atoms with van der Waals surface area (Å²) in [6, 6.07) is 18.1. The third-order valence-electron chi connectivity index (χ3n) is 4.62. The molecule has 1 N–H and O–H groups in total. The summed E-state index contributed by atoms with van der Waals surface area (Å²) in [7, 11) is 1.66. The number of carbonyl (C=O) groups is 1. The van der Waals surface area contributed by atoms with E-state index in [1.807, 2.05) is 66.4 Å². The zero-order valence-corrected chi connectivity index (χ0v) is 14.3. The zero-order valence-electron chi connectivity index (χ0n) is 14.3. The van der Waals surface area contributed by atoms with E-state index in [9.17, 15) is 4.79 Å². The third-order valence-corrected chi connectivity index (χ3v) is 4.62. The summed E-state index contributed by atoms with van der Waals surface area (Å²) < 4.78 is 5.21. The van der Waals surface area contributed by atoms with Gasteiger partial charge in [-0.05, 0) is 43.0 Å². The molecule has 1 saturated carbocycles. The summed E-state index contributed by atoms with van der Waals surface area (Å²) >= 11 is 0. The van der Waals surface area contributed by atoms with Crippen molar-refractivity contribution in [1.82, 2.24) is 10.2 Å². The van der Waals surface area contributed by atoms with Crippen molar-refractivity contribution in [3.8, 4) is 5.75 Å². The minimum atomic E-state index is -0.215. The fraction of sp³-hybridized carbons (Fsp3) is 0.350. The zero-order chi connectivity index (χ0) is 17.0. The first-order valence-corrected chi connectivity index (χ1v) is 8.42. The Balaban J connectivity index is 1.68. The van der Waals surface area contributed by atoms with Crippen LogP contribution in [-0.4, -0.2) is 24.6 Å². The predicted molar refractivity (Wildman–Crippen MR) is 95.0 cm³/mol. The van der Waals surface area contributed by atoms with Gasteiger partial charge in [0, 0.05) is 13.1 Å². The van der Waals surface area contributed by atoms with E-state index >= 15 is 0 Å². The number of hydrogen-bond donors (Lipinski definition) is 1. The van der Waals surface area contributed by atoms with Crippen molar-refractivity contribution >= 4 is 6.03 Å². The molecule has 0 heterocycles. The highest BCUT2D eigenvalue weighted by atomic mass is 16.5. The van der Waals surface area contributed by atoms with Crippen molar-refractivity contribution in [1.29, 1.82) is 0 Å². The van der Waals surface area contributed by atoms with Crippen LogP contribution in [0.25, 0.3) is 0 Å². The molecule has 0 unspecified atom stereocenters. The molecule has 3 rings (SSSR count). The summed E-state index contributed by atoms with van der Waals surface area (Å²) in [5.41, 5.74) is 2.07. The van der Waals surface area contributed by atoms with Crippen molar-refractivity contribution in [2.75, 3.05) is 13.7 Å². The van der Waals surface area contributed by atoms with Gasteiger partial charge in [-0.1, -0.05) is 42.5 Å². The molecule has 2 amide bonds. The molecule has 1 aliphatic rings. The molecular formula is C20H24N2O2. The normalized spacial score (nSPS) is 14.8. The van der Waals surface area contributed by atoms with Crippen LogP contribution in [0.1, 0.15) is 30.9 Å². The van der Waals surface area contributed by atoms with Gasteiger partial charge in [-0.15, -0.1) is 0 Å². The molecule has 0 bridgehead atoms. The van der Waals surface area contributed by atoms with Crippen LogP contribution in [0.3, 0.4) is 0 Å². The van der Waals surface area contributed by atoms with E-state index in [1.165, 1.54) is 0 Å². The number of ether oxygens (including phenoxy) is 1. The molecule has 0 saturated heterocycles. The van der Waals surface area contributed by atoms with E-state index in [2.05, 4.69) is 5.32 Å². The smallest absolute Gasteiger partial charge is 0.318 e. The number of nitrogens with zero attached hydrogens (tertiary/aromatic N) is 1. The first kappa shape index (κ1) is 16.4. The van der Waals surface area contributed by atoms with Crippen molar-refractivity contribution in [2.24, 2.45) is 0 Å². The van der Waals surface area contributed by atoms with Gasteiger partial charge >= 0.3 is 6.03 Å². The predicted octanol–water partition coefficient (Wildman–Crippen LogP) is 3.92. The molecule has 4 heteroatoms. The van der Waals surface area contributed by atoms with Crippen LogP contribution in [0.5, 0.6) is 5.75 Å². The average Bonchev–Trinajstić information content (AvgIpc) is 3.41. The topological polar surface area (TPSA) is 41.6 Å². The van der Waals surface area contributed by atoms with Crippen molar-refractivity contribution in [3.05, 3.63) is 65.7 Å². The van der Waals surface area contributed by atoms with Gasteiger partial charge in [0.05, 0.1) is 12.6 Å². The number of carbonyl (C=O) groups excluding carboxylic acids is 1. The summed E-state index contributed by atoms with van der Waals surface area (Å²) in [5.74, 6) is 0.833. The fourth-order valence-electron chi connectivity index (χ4n) is 2.94. The number of hydrogen-bond acceptors (Lipinski definition) is 2. The molecule has 1 aliphatic carbocycles. The van der Waals surface area contributed by atoms with E-state index in [0.29, 0.717) is 13.1 Å². The highest BCUT2D eigenvalue weighted by Crippen LogP contribution is 2.46. The number of amides is 2. The molecule has 0 atom stereocenters. The molecule has 2 aromatic rings. The lowest BCUT2D eigenvalue weighted by atomic mass is 10.0. The van der Waals surface area contributed by atoms with Crippen molar-refractivity contribution in [3.63, 3.8) is 0 Å². The van der Waals surface area contributed by atoms with E-state index < -0.39 is 0 Å².